The van der Waals surface area contributed by atoms with Crippen molar-refractivity contribution in [1.29, 1.82) is 0 Å². The van der Waals surface area contributed by atoms with Crippen LogP contribution in [0.3, 0.4) is 0 Å². The normalized spacial score (nSPS) is 12.6. The highest BCUT2D eigenvalue weighted by Crippen LogP contribution is 2.14. The van der Waals surface area contributed by atoms with Gasteiger partial charge in [-0.25, -0.2) is 0 Å². The number of hydrogen-bond acceptors (Lipinski definition) is 6. The largest absolute Gasteiger partial charge is 0.462 e. The SMILES string of the molecule is CCCCCC/C=C\CCCCCCCCCC(=O)OCC(COC(=O)CCCCCCC\C=C/C=C\C=C/CCCCCCC)OC(=O)CCCCC/C=C\C=C/CCCCCCCCC. The molecule has 0 aliphatic rings. The Balaban J connectivity index is 4.47. The van der Waals surface area contributed by atoms with Gasteiger partial charge in [0.15, 0.2) is 6.10 Å². The number of esters is 3. The molecule has 386 valence electrons. The zero-order chi connectivity index (χ0) is 48.6. The Morgan fingerprint density at radius 1 is 0.299 bits per heavy atom. The van der Waals surface area contributed by atoms with E-state index in [0.717, 1.165) is 96.3 Å². The second-order valence-corrected chi connectivity index (χ2v) is 18.9. The van der Waals surface area contributed by atoms with Gasteiger partial charge in [0, 0.05) is 19.3 Å². The molecule has 0 saturated carbocycles. The highest BCUT2D eigenvalue weighted by Gasteiger charge is 2.19. The molecule has 67 heavy (non-hydrogen) atoms. The maximum absolute atomic E-state index is 12.8. The monoisotopic (exact) mass is 935 g/mol. The lowest BCUT2D eigenvalue weighted by atomic mass is 10.1. The van der Waals surface area contributed by atoms with Gasteiger partial charge in [0.25, 0.3) is 0 Å². The molecule has 0 saturated heterocycles. The molecule has 0 aromatic rings. The first-order valence-electron chi connectivity index (χ1n) is 28.5. The van der Waals surface area contributed by atoms with Crippen LogP contribution >= 0.6 is 0 Å². The maximum Gasteiger partial charge on any atom is 0.306 e. The Kier molecular flexibility index (Phi) is 52.8. The Morgan fingerprint density at radius 2 is 0.552 bits per heavy atom. The van der Waals surface area contributed by atoms with Gasteiger partial charge < -0.3 is 14.2 Å². The van der Waals surface area contributed by atoms with E-state index in [9.17, 15) is 14.4 Å². The Labute approximate surface area is 414 Å². The number of allylic oxidation sites excluding steroid dienone is 12. The van der Waals surface area contributed by atoms with E-state index in [2.05, 4.69) is 93.7 Å². The quantitative estimate of drug-likeness (QED) is 0.0199. The van der Waals surface area contributed by atoms with Crippen LogP contribution in [-0.4, -0.2) is 37.2 Å². The molecule has 0 N–H and O–H groups in total. The van der Waals surface area contributed by atoms with Gasteiger partial charge in [0.2, 0.25) is 0 Å². The molecule has 0 fully saturated rings. The van der Waals surface area contributed by atoms with Gasteiger partial charge in [-0.1, -0.05) is 235 Å². The molecule has 0 aromatic carbocycles. The number of ether oxygens (including phenoxy) is 3. The van der Waals surface area contributed by atoms with Gasteiger partial charge in [-0.15, -0.1) is 0 Å². The molecule has 0 bridgehead atoms. The highest BCUT2D eigenvalue weighted by molar-refractivity contribution is 5.71. The van der Waals surface area contributed by atoms with E-state index in [0.29, 0.717) is 19.3 Å². The van der Waals surface area contributed by atoms with Gasteiger partial charge in [-0.2, -0.15) is 0 Å². The van der Waals surface area contributed by atoms with E-state index < -0.39 is 6.10 Å². The fourth-order valence-corrected chi connectivity index (χ4v) is 7.90. The van der Waals surface area contributed by atoms with Crippen molar-refractivity contribution in [2.24, 2.45) is 0 Å². The van der Waals surface area contributed by atoms with Crippen molar-refractivity contribution < 1.29 is 28.6 Å². The van der Waals surface area contributed by atoms with Gasteiger partial charge in [-0.05, 0) is 96.3 Å². The topological polar surface area (TPSA) is 78.9 Å². The lowest BCUT2D eigenvalue weighted by Crippen LogP contribution is -2.30. The molecule has 0 aliphatic heterocycles. The lowest BCUT2D eigenvalue weighted by molar-refractivity contribution is -0.167. The second kappa shape index (κ2) is 55.4. The van der Waals surface area contributed by atoms with E-state index in [1.807, 2.05) is 0 Å². The van der Waals surface area contributed by atoms with E-state index in [1.165, 1.54) is 141 Å². The minimum Gasteiger partial charge on any atom is -0.462 e. The summed E-state index contributed by atoms with van der Waals surface area (Å²) in [5.41, 5.74) is 0. The Hall–Kier alpha value is -3.15. The molecule has 6 heteroatoms. The average Bonchev–Trinajstić information content (AvgIpc) is 3.33. The summed E-state index contributed by atoms with van der Waals surface area (Å²) in [6, 6.07) is 0. The zero-order valence-corrected chi connectivity index (χ0v) is 44.2. The smallest absolute Gasteiger partial charge is 0.306 e. The summed E-state index contributed by atoms with van der Waals surface area (Å²) in [6.45, 7) is 6.58. The summed E-state index contributed by atoms with van der Waals surface area (Å²) >= 11 is 0. The van der Waals surface area contributed by atoms with Crippen LogP contribution in [-0.2, 0) is 28.6 Å². The summed E-state index contributed by atoms with van der Waals surface area (Å²) < 4.78 is 16.8. The van der Waals surface area contributed by atoms with Crippen LogP contribution in [0.1, 0.15) is 278 Å². The van der Waals surface area contributed by atoms with Gasteiger partial charge in [-0.3, -0.25) is 14.4 Å². The first-order chi connectivity index (χ1) is 33.0. The Bertz CT molecular complexity index is 1260. The molecule has 0 aromatic heterocycles. The number of hydrogen-bond donors (Lipinski definition) is 0. The van der Waals surface area contributed by atoms with Crippen LogP contribution in [0.25, 0.3) is 0 Å². The van der Waals surface area contributed by atoms with Crippen molar-refractivity contribution in [1.82, 2.24) is 0 Å². The molecule has 0 aliphatic carbocycles. The van der Waals surface area contributed by atoms with Gasteiger partial charge in [0.05, 0.1) is 0 Å². The summed E-state index contributed by atoms with van der Waals surface area (Å²) in [7, 11) is 0. The van der Waals surface area contributed by atoms with Crippen molar-refractivity contribution >= 4 is 17.9 Å². The van der Waals surface area contributed by atoms with E-state index >= 15 is 0 Å². The van der Waals surface area contributed by atoms with Crippen LogP contribution in [0.15, 0.2) is 72.9 Å². The number of carbonyl (C=O) groups is 3. The van der Waals surface area contributed by atoms with Crippen molar-refractivity contribution in [2.75, 3.05) is 13.2 Å². The third-order valence-electron chi connectivity index (χ3n) is 12.2. The molecule has 0 radical (unpaired) electrons. The summed E-state index contributed by atoms with van der Waals surface area (Å²) in [6.07, 6.45) is 70.3. The molecule has 0 spiro atoms. The van der Waals surface area contributed by atoms with Crippen molar-refractivity contribution in [2.45, 2.75) is 284 Å². The predicted molar refractivity (Wildman–Crippen MR) is 288 cm³/mol. The molecule has 1 atom stereocenters. The third-order valence-corrected chi connectivity index (χ3v) is 12.2. The molecule has 1 unspecified atom stereocenters. The minimum absolute atomic E-state index is 0.0948. The van der Waals surface area contributed by atoms with E-state index in [-0.39, 0.29) is 31.1 Å². The van der Waals surface area contributed by atoms with Crippen LogP contribution in [0.4, 0.5) is 0 Å². The van der Waals surface area contributed by atoms with Crippen LogP contribution in [0.2, 0.25) is 0 Å². The second-order valence-electron chi connectivity index (χ2n) is 18.9. The fourth-order valence-electron chi connectivity index (χ4n) is 7.90. The van der Waals surface area contributed by atoms with Gasteiger partial charge >= 0.3 is 17.9 Å². The van der Waals surface area contributed by atoms with E-state index in [4.69, 9.17) is 14.2 Å². The van der Waals surface area contributed by atoms with Crippen molar-refractivity contribution in [3.63, 3.8) is 0 Å². The molecular formula is C61H106O6. The summed E-state index contributed by atoms with van der Waals surface area (Å²) in [5.74, 6) is -0.939. The molecule has 0 amide bonds. The zero-order valence-electron chi connectivity index (χ0n) is 44.2. The predicted octanol–water partition coefficient (Wildman–Crippen LogP) is 19.0. The number of carbonyl (C=O) groups excluding carboxylic acids is 3. The molecule has 0 rings (SSSR count). The standard InChI is InChI=1S/C61H106O6/c1-4-7-10-13-16-19-22-25-28-30-31-34-36-39-42-45-48-51-54-60(63)66-57-58(56-65-59(62)53-50-47-44-41-38-35-32-27-24-21-18-15-12-9-6-3)67-61(64)55-52-49-46-43-40-37-33-29-26-23-20-17-14-11-8-5-2/h21-22,24-25,28-31,33-34,37,40,58H,4-20,23,26-27,32,35-36,38-39,41-57H2,1-3H3/b24-21-,25-22-,30-28-,33-29-,34-31-,40-37-. The molecular weight excluding hydrogens is 829 g/mol. The molecule has 6 nitrogen and oxygen atoms in total. The first-order valence-corrected chi connectivity index (χ1v) is 28.5. The fraction of sp³-hybridized carbons (Fsp3) is 0.754. The van der Waals surface area contributed by atoms with Crippen molar-refractivity contribution in [3.05, 3.63) is 72.9 Å². The third kappa shape index (κ3) is 53.7. The Morgan fingerprint density at radius 3 is 0.910 bits per heavy atom. The minimum atomic E-state index is -0.800. The van der Waals surface area contributed by atoms with Crippen LogP contribution < -0.4 is 0 Å². The average molecular weight is 936 g/mol. The lowest BCUT2D eigenvalue weighted by Gasteiger charge is -2.18. The number of rotatable bonds is 51. The van der Waals surface area contributed by atoms with Gasteiger partial charge in [0.1, 0.15) is 13.2 Å². The number of unbranched alkanes of at least 4 members (excludes halogenated alkanes) is 31. The summed E-state index contributed by atoms with van der Waals surface area (Å²) in [4.78, 5) is 38.1. The first kappa shape index (κ1) is 63.8. The van der Waals surface area contributed by atoms with Crippen LogP contribution in [0.5, 0.6) is 0 Å². The van der Waals surface area contributed by atoms with Crippen LogP contribution in [0, 0.1) is 0 Å². The highest BCUT2D eigenvalue weighted by atomic mass is 16.6. The summed E-state index contributed by atoms with van der Waals surface area (Å²) in [5, 5.41) is 0. The van der Waals surface area contributed by atoms with Crippen molar-refractivity contribution in [3.8, 4) is 0 Å². The molecule has 0 heterocycles. The van der Waals surface area contributed by atoms with E-state index in [1.54, 1.807) is 0 Å². The maximum atomic E-state index is 12.8.